The van der Waals surface area contributed by atoms with Crippen molar-refractivity contribution in [1.29, 1.82) is 0 Å². The molecule has 1 saturated heterocycles. The molecule has 11 heavy (non-hydrogen) atoms. The summed E-state index contributed by atoms with van der Waals surface area (Å²) in [4.78, 5) is 0. The first-order valence-corrected chi connectivity index (χ1v) is 4.30. The molecule has 0 bridgehead atoms. The van der Waals surface area contributed by atoms with Gasteiger partial charge in [0.15, 0.2) is 0 Å². The van der Waals surface area contributed by atoms with Crippen molar-refractivity contribution < 1.29 is 5.48 Å². The van der Waals surface area contributed by atoms with E-state index in [-0.39, 0.29) is 5.48 Å². The molecule has 0 amide bonds. The summed E-state index contributed by atoms with van der Waals surface area (Å²) < 4.78 is 0. The van der Waals surface area contributed by atoms with E-state index in [0.29, 0.717) is 0 Å². The van der Waals surface area contributed by atoms with Crippen LogP contribution in [0.1, 0.15) is 26.2 Å². The van der Waals surface area contributed by atoms with Crippen LogP contribution in [0, 0.1) is 0 Å². The number of hydrogen-bond donors (Lipinski definition) is 0. The van der Waals surface area contributed by atoms with Crippen molar-refractivity contribution in [1.82, 2.24) is 10.0 Å². The van der Waals surface area contributed by atoms with Crippen LogP contribution in [0.3, 0.4) is 0 Å². The predicted molar refractivity (Wildman–Crippen MR) is 47.3 cm³/mol. The second-order valence-corrected chi connectivity index (χ2v) is 3.04. The van der Waals surface area contributed by atoms with Crippen molar-refractivity contribution in [2.75, 3.05) is 26.7 Å². The minimum Gasteiger partial charge on any atom is -0.412 e. The van der Waals surface area contributed by atoms with Crippen LogP contribution in [0.4, 0.5) is 0 Å². The number of hydrazine groups is 1. The maximum absolute atomic E-state index is 2.45. The van der Waals surface area contributed by atoms with Gasteiger partial charge < -0.3 is 5.48 Å². The van der Waals surface area contributed by atoms with Crippen molar-refractivity contribution in [2.45, 2.75) is 26.2 Å². The maximum Gasteiger partial charge on any atom is 0.0133 e. The molecule has 0 aromatic carbocycles. The standard InChI is InChI=1S/C8H18N2.H2O/c1-3-6-9(2)10-7-4-5-8-10;/h3-8H2,1-2H3;1H2. The molecule has 68 valence electrons. The van der Waals surface area contributed by atoms with Gasteiger partial charge in [0.2, 0.25) is 0 Å². The van der Waals surface area contributed by atoms with Crippen LogP contribution in [0.2, 0.25) is 0 Å². The molecule has 0 aromatic rings. The lowest BCUT2D eigenvalue weighted by Crippen LogP contribution is -2.37. The molecule has 0 saturated carbocycles. The Hall–Kier alpha value is -0.120. The van der Waals surface area contributed by atoms with Gasteiger partial charge in [-0.25, -0.2) is 10.0 Å². The van der Waals surface area contributed by atoms with Crippen LogP contribution in [0.5, 0.6) is 0 Å². The van der Waals surface area contributed by atoms with E-state index in [1.54, 1.807) is 0 Å². The Bertz CT molecular complexity index is 92.1. The van der Waals surface area contributed by atoms with Gasteiger partial charge in [-0.3, -0.25) is 0 Å². The zero-order valence-electron chi connectivity index (χ0n) is 7.64. The van der Waals surface area contributed by atoms with Gasteiger partial charge in [-0.05, 0) is 19.3 Å². The normalized spacial score (nSPS) is 18.8. The summed E-state index contributed by atoms with van der Waals surface area (Å²) >= 11 is 0. The summed E-state index contributed by atoms with van der Waals surface area (Å²) in [6, 6.07) is 0. The largest absolute Gasteiger partial charge is 0.412 e. The third-order valence-electron chi connectivity index (χ3n) is 2.11. The van der Waals surface area contributed by atoms with Crippen molar-refractivity contribution in [3.8, 4) is 0 Å². The SMILES string of the molecule is CCCN(C)N1CCCC1.O. The fourth-order valence-electron chi connectivity index (χ4n) is 1.51. The lowest BCUT2D eigenvalue weighted by Gasteiger charge is -2.26. The first-order chi connectivity index (χ1) is 4.84. The lowest BCUT2D eigenvalue weighted by molar-refractivity contribution is 0.0248. The Morgan fingerprint density at radius 1 is 1.27 bits per heavy atom. The first kappa shape index (κ1) is 10.9. The highest BCUT2D eigenvalue weighted by atomic mass is 16.0. The van der Waals surface area contributed by atoms with Crippen LogP contribution in [-0.2, 0) is 0 Å². The molecule has 0 aromatic heterocycles. The summed E-state index contributed by atoms with van der Waals surface area (Å²) in [5, 5.41) is 4.80. The van der Waals surface area contributed by atoms with Gasteiger partial charge >= 0.3 is 0 Å². The molecule has 1 fully saturated rings. The molecular weight excluding hydrogens is 140 g/mol. The zero-order valence-corrected chi connectivity index (χ0v) is 7.64. The number of nitrogens with zero attached hydrogens (tertiary/aromatic N) is 2. The van der Waals surface area contributed by atoms with Crippen molar-refractivity contribution >= 4 is 0 Å². The van der Waals surface area contributed by atoms with Gasteiger partial charge in [0, 0.05) is 26.7 Å². The van der Waals surface area contributed by atoms with E-state index in [4.69, 9.17) is 0 Å². The Morgan fingerprint density at radius 2 is 1.82 bits per heavy atom. The van der Waals surface area contributed by atoms with E-state index in [0.717, 1.165) is 0 Å². The average Bonchev–Trinajstić information content (AvgIpc) is 2.38. The summed E-state index contributed by atoms with van der Waals surface area (Å²) in [5.41, 5.74) is 0. The fourth-order valence-corrected chi connectivity index (χ4v) is 1.51. The molecule has 3 heteroatoms. The van der Waals surface area contributed by atoms with Gasteiger partial charge in [0.05, 0.1) is 0 Å². The van der Waals surface area contributed by atoms with Gasteiger partial charge in [0.25, 0.3) is 0 Å². The smallest absolute Gasteiger partial charge is 0.0133 e. The molecule has 0 radical (unpaired) electrons. The van der Waals surface area contributed by atoms with Crippen molar-refractivity contribution in [2.24, 2.45) is 0 Å². The van der Waals surface area contributed by atoms with Crippen LogP contribution in [-0.4, -0.2) is 42.2 Å². The molecule has 3 nitrogen and oxygen atoms in total. The monoisotopic (exact) mass is 160 g/mol. The van der Waals surface area contributed by atoms with Gasteiger partial charge in [-0.2, -0.15) is 0 Å². The highest BCUT2D eigenvalue weighted by Gasteiger charge is 2.14. The molecular formula is C8H20N2O. The minimum absolute atomic E-state index is 0. The van der Waals surface area contributed by atoms with E-state index >= 15 is 0 Å². The Kier molecular flexibility index (Phi) is 5.46. The van der Waals surface area contributed by atoms with Crippen LogP contribution >= 0.6 is 0 Å². The van der Waals surface area contributed by atoms with E-state index in [1.165, 1.54) is 38.9 Å². The highest BCUT2D eigenvalue weighted by Crippen LogP contribution is 2.09. The van der Waals surface area contributed by atoms with Gasteiger partial charge in [-0.15, -0.1) is 0 Å². The van der Waals surface area contributed by atoms with Crippen LogP contribution in [0.25, 0.3) is 0 Å². The third-order valence-corrected chi connectivity index (χ3v) is 2.11. The molecule has 0 aliphatic carbocycles. The topological polar surface area (TPSA) is 38.0 Å². The van der Waals surface area contributed by atoms with Gasteiger partial charge in [-0.1, -0.05) is 6.92 Å². The van der Waals surface area contributed by atoms with E-state index in [9.17, 15) is 0 Å². The van der Waals surface area contributed by atoms with Gasteiger partial charge in [0.1, 0.15) is 0 Å². The van der Waals surface area contributed by atoms with Crippen LogP contribution in [0.15, 0.2) is 0 Å². The zero-order chi connectivity index (χ0) is 7.40. The van der Waals surface area contributed by atoms with E-state index < -0.39 is 0 Å². The quantitative estimate of drug-likeness (QED) is 0.603. The minimum atomic E-state index is 0. The second kappa shape index (κ2) is 5.52. The Morgan fingerprint density at radius 3 is 2.27 bits per heavy atom. The second-order valence-electron chi connectivity index (χ2n) is 3.04. The number of hydrogen-bond acceptors (Lipinski definition) is 2. The molecule has 1 rings (SSSR count). The highest BCUT2D eigenvalue weighted by molar-refractivity contribution is 4.62. The molecule has 0 atom stereocenters. The molecule has 2 N–H and O–H groups in total. The summed E-state index contributed by atoms with van der Waals surface area (Å²) in [5.74, 6) is 0. The summed E-state index contributed by atoms with van der Waals surface area (Å²) in [6.45, 7) is 5.99. The third kappa shape index (κ3) is 3.18. The van der Waals surface area contributed by atoms with Crippen molar-refractivity contribution in [3.05, 3.63) is 0 Å². The molecule has 1 heterocycles. The van der Waals surface area contributed by atoms with E-state index in [2.05, 4.69) is 24.0 Å². The lowest BCUT2D eigenvalue weighted by atomic mass is 10.4. The molecule has 0 unspecified atom stereocenters. The average molecular weight is 160 g/mol. The Balaban J connectivity index is 0.000001000. The fraction of sp³-hybridized carbons (Fsp3) is 1.00. The number of rotatable bonds is 3. The Labute approximate surface area is 69.3 Å². The summed E-state index contributed by atoms with van der Waals surface area (Å²) in [6.07, 6.45) is 4.02. The molecule has 1 aliphatic rings. The van der Waals surface area contributed by atoms with E-state index in [1.807, 2.05) is 0 Å². The van der Waals surface area contributed by atoms with Crippen LogP contribution < -0.4 is 0 Å². The predicted octanol–water partition coefficient (Wildman–Crippen LogP) is 0.514. The molecule has 0 spiro atoms. The molecule has 1 aliphatic heterocycles. The maximum atomic E-state index is 2.45. The first-order valence-electron chi connectivity index (χ1n) is 4.30. The van der Waals surface area contributed by atoms with Crippen molar-refractivity contribution in [3.63, 3.8) is 0 Å². The summed E-state index contributed by atoms with van der Waals surface area (Å²) in [7, 11) is 2.19.